The molecule has 0 aromatic heterocycles. The summed E-state index contributed by atoms with van der Waals surface area (Å²) in [6.07, 6.45) is 1.02. The van der Waals surface area contributed by atoms with Crippen LogP contribution in [-0.2, 0) is 6.42 Å². The number of ether oxygens (including phenoxy) is 2. The van der Waals surface area contributed by atoms with E-state index in [1.807, 2.05) is 36.4 Å². The summed E-state index contributed by atoms with van der Waals surface area (Å²) in [7, 11) is 1.66. The highest BCUT2D eigenvalue weighted by Crippen LogP contribution is 2.28. The third-order valence-electron chi connectivity index (χ3n) is 2.89. The lowest BCUT2D eigenvalue weighted by Crippen LogP contribution is -1.97. The van der Waals surface area contributed by atoms with Crippen molar-refractivity contribution < 1.29 is 9.47 Å². The lowest BCUT2D eigenvalue weighted by atomic mass is 10.0. The Morgan fingerprint density at radius 1 is 0.895 bits per heavy atom. The number of para-hydroxylation sites is 1. The fourth-order valence-electron chi connectivity index (χ4n) is 1.98. The number of hydrogen-bond donors (Lipinski definition) is 0. The zero-order valence-corrected chi connectivity index (χ0v) is 11.7. The lowest BCUT2D eigenvalue weighted by molar-refractivity contribution is 0.412. The molecule has 0 aliphatic carbocycles. The monoisotopic (exact) mass is 256 g/mol. The molecule has 0 aliphatic heterocycles. The molecule has 2 nitrogen and oxygen atoms in total. The number of hydrogen-bond acceptors (Lipinski definition) is 2. The van der Waals surface area contributed by atoms with Crippen molar-refractivity contribution in [1.29, 1.82) is 0 Å². The second-order valence-electron chi connectivity index (χ2n) is 4.98. The van der Waals surface area contributed by atoms with Crippen LogP contribution < -0.4 is 9.47 Å². The standard InChI is InChI=1S/C17H20O2/c1-13(2)12-14-6-4-5-7-17(14)19-16-10-8-15(18-3)9-11-16/h4-11,13H,12H2,1-3H3. The average Bonchev–Trinajstić information content (AvgIpc) is 2.41. The van der Waals surface area contributed by atoms with Crippen LogP contribution >= 0.6 is 0 Å². The minimum atomic E-state index is 0.612. The van der Waals surface area contributed by atoms with Gasteiger partial charge in [0, 0.05) is 0 Å². The molecule has 2 aromatic rings. The molecule has 2 aromatic carbocycles. The minimum Gasteiger partial charge on any atom is -0.497 e. The van der Waals surface area contributed by atoms with Crippen LogP contribution in [0.4, 0.5) is 0 Å². The van der Waals surface area contributed by atoms with E-state index in [9.17, 15) is 0 Å². The molecule has 0 N–H and O–H groups in total. The molecule has 0 heterocycles. The average molecular weight is 256 g/mol. The predicted octanol–water partition coefficient (Wildman–Crippen LogP) is 4.69. The Labute approximate surface area is 115 Å². The van der Waals surface area contributed by atoms with Gasteiger partial charge in [-0.3, -0.25) is 0 Å². The van der Waals surface area contributed by atoms with Crippen molar-refractivity contribution in [3.05, 3.63) is 54.1 Å². The van der Waals surface area contributed by atoms with E-state index in [1.54, 1.807) is 7.11 Å². The van der Waals surface area contributed by atoms with Crippen molar-refractivity contribution in [3.63, 3.8) is 0 Å². The number of benzene rings is 2. The maximum absolute atomic E-state index is 5.95. The SMILES string of the molecule is COc1ccc(Oc2ccccc2CC(C)C)cc1. The van der Waals surface area contributed by atoms with Gasteiger partial charge in [-0.15, -0.1) is 0 Å². The molecule has 19 heavy (non-hydrogen) atoms. The first-order chi connectivity index (χ1) is 9.19. The van der Waals surface area contributed by atoms with E-state index in [0.29, 0.717) is 5.92 Å². The highest BCUT2D eigenvalue weighted by atomic mass is 16.5. The van der Waals surface area contributed by atoms with Crippen LogP contribution in [0.25, 0.3) is 0 Å². The van der Waals surface area contributed by atoms with Crippen LogP contribution in [0.15, 0.2) is 48.5 Å². The molecule has 100 valence electrons. The van der Waals surface area contributed by atoms with Crippen molar-refractivity contribution >= 4 is 0 Å². The van der Waals surface area contributed by atoms with Gasteiger partial charge in [-0.1, -0.05) is 32.0 Å². The normalized spacial score (nSPS) is 10.5. The van der Waals surface area contributed by atoms with Crippen LogP contribution in [-0.4, -0.2) is 7.11 Å². The molecule has 0 amide bonds. The quantitative estimate of drug-likeness (QED) is 0.773. The summed E-state index contributed by atoms with van der Waals surface area (Å²) in [5, 5.41) is 0. The van der Waals surface area contributed by atoms with Crippen molar-refractivity contribution in [2.75, 3.05) is 7.11 Å². The molecule has 0 saturated heterocycles. The van der Waals surface area contributed by atoms with E-state index in [1.165, 1.54) is 5.56 Å². The molecule has 2 heteroatoms. The van der Waals surface area contributed by atoms with Gasteiger partial charge in [0.2, 0.25) is 0 Å². The van der Waals surface area contributed by atoms with Crippen molar-refractivity contribution in [2.45, 2.75) is 20.3 Å². The molecule has 0 spiro atoms. The summed E-state index contributed by atoms with van der Waals surface area (Å²) in [4.78, 5) is 0. The van der Waals surface area contributed by atoms with E-state index < -0.39 is 0 Å². The third-order valence-corrected chi connectivity index (χ3v) is 2.89. The second kappa shape index (κ2) is 6.28. The van der Waals surface area contributed by atoms with Crippen molar-refractivity contribution in [2.24, 2.45) is 5.92 Å². The maximum Gasteiger partial charge on any atom is 0.130 e. The largest absolute Gasteiger partial charge is 0.497 e. The van der Waals surface area contributed by atoms with Gasteiger partial charge in [0.1, 0.15) is 17.2 Å². The summed E-state index contributed by atoms with van der Waals surface area (Å²) < 4.78 is 11.1. The zero-order chi connectivity index (χ0) is 13.7. The zero-order valence-electron chi connectivity index (χ0n) is 11.7. The van der Waals surface area contributed by atoms with E-state index in [2.05, 4.69) is 26.0 Å². The van der Waals surface area contributed by atoms with E-state index in [-0.39, 0.29) is 0 Å². The van der Waals surface area contributed by atoms with Crippen molar-refractivity contribution in [1.82, 2.24) is 0 Å². The first-order valence-corrected chi connectivity index (χ1v) is 6.59. The van der Waals surface area contributed by atoms with Gasteiger partial charge >= 0.3 is 0 Å². The molecule has 0 saturated carbocycles. The molecule has 0 unspecified atom stereocenters. The maximum atomic E-state index is 5.95. The molecule has 0 atom stereocenters. The summed E-state index contributed by atoms with van der Waals surface area (Å²) in [5.41, 5.74) is 1.24. The van der Waals surface area contributed by atoms with Crippen LogP contribution in [0.5, 0.6) is 17.2 Å². The van der Waals surface area contributed by atoms with Gasteiger partial charge in [-0.2, -0.15) is 0 Å². The third kappa shape index (κ3) is 3.75. The summed E-state index contributed by atoms with van der Waals surface area (Å²) in [6, 6.07) is 15.8. The Bertz CT molecular complexity index is 515. The smallest absolute Gasteiger partial charge is 0.130 e. The fraction of sp³-hybridized carbons (Fsp3) is 0.294. The minimum absolute atomic E-state index is 0.612. The van der Waals surface area contributed by atoms with Gasteiger partial charge < -0.3 is 9.47 Å². The summed E-state index contributed by atoms with van der Waals surface area (Å²) >= 11 is 0. The Hall–Kier alpha value is -1.96. The molecule has 0 fully saturated rings. The summed E-state index contributed by atoms with van der Waals surface area (Å²) in [5.74, 6) is 3.21. The van der Waals surface area contributed by atoms with Gasteiger partial charge in [-0.05, 0) is 48.2 Å². The van der Waals surface area contributed by atoms with Crippen LogP contribution in [0.1, 0.15) is 19.4 Å². The molecule has 2 rings (SSSR count). The Morgan fingerprint density at radius 3 is 2.16 bits per heavy atom. The van der Waals surface area contributed by atoms with E-state index in [4.69, 9.17) is 9.47 Å². The summed E-state index contributed by atoms with van der Waals surface area (Å²) in [6.45, 7) is 4.42. The topological polar surface area (TPSA) is 18.5 Å². The highest BCUT2D eigenvalue weighted by molar-refractivity contribution is 5.39. The number of rotatable bonds is 5. The van der Waals surface area contributed by atoms with Crippen molar-refractivity contribution in [3.8, 4) is 17.2 Å². The number of methoxy groups -OCH3 is 1. The van der Waals surface area contributed by atoms with E-state index in [0.717, 1.165) is 23.7 Å². The Kier molecular flexibility index (Phi) is 4.45. The molecular weight excluding hydrogens is 236 g/mol. The van der Waals surface area contributed by atoms with Gasteiger partial charge in [0.15, 0.2) is 0 Å². The molecule has 0 aliphatic rings. The second-order valence-corrected chi connectivity index (χ2v) is 4.98. The van der Waals surface area contributed by atoms with Gasteiger partial charge in [-0.25, -0.2) is 0 Å². The van der Waals surface area contributed by atoms with Gasteiger partial charge in [0.05, 0.1) is 7.11 Å². The highest BCUT2D eigenvalue weighted by Gasteiger charge is 2.06. The molecule has 0 radical (unpaired) electrons. The van der Waals surface area contributed by atoms with E-state index >= 15 is 0 Å². The molecular formula is C17H20O2. The van der Waals surface area contributed by atoms with Crippen LogP contribution in [0.2, 0.25) is 0 Å². The molecule has 0 bridgehead atoms. The lowest BCUT2D eigenvalue weighted by Gasteiger charge is -2.12. The fourth-order valence-corrected chi connectivity index (χ4v) is 1.98. The van der Waals surface area contributed by atoms with Crippen LogP contribution in [0, 0.1) is 5.92 Å². The Balaban J connectivity index is 2.17. The van der Waals surface area contributed by atoms with Gasteiger partial charge in [0.25, 0.3) is 0 Å². The predicted molar refractivity (Wildman–Crippen MR) is 78.1 cm³/mol. The first-order valence-electron chi connectivity index (χ1n) is 6.59. The first kappa shape index (κ1) is 13.5. The Morgan fingerprint density at radius 2 is 1.53 bits per heavy atom. The van der Waals surface area contributed by atoms with Crippen LogP contribution in [0.3, 0.4) is 0 Å².